The minimum absolute atomic E-state index is 0.133. The summed E-state index contributed by atoms with van der Waals surface area (Å²) in [5.74, 6) is -0.722. The van der Waals surface area contributed by atoms with Gasteiger partial charge in [0.05, 0.1) is 15.7 Å². The molecular weight excluding hydrogens is 306 g/mol. The molecule has 0 radical (unpaired) electrons. The van der Waals surface area contributed by atoms with Crippen LogP contribution in [-0.2, 0) is 9.53 Å². The zero-order valence-electron chi connectivity index (χ0n) is 11.3. The average Bonchev–Trinajstić information content (AvgIpc) is 2.38. The van der Waals surface area contributed by atoms with E-state index in [1.165, 1.54) is 0 Å². The lowest BCUT2D eigenvalue weighted by atomic mass is 10.2. The van der Waals surface area contributed by atoms with Gasteiger partial charge in [-0.3, -0.25) is 4.79 Å². The summed E-state index contributed by atoms with van der Waals surface area (Å²) in [4.78, 5) is 11.8. The highest BCUT2D eigenvalue weighted by molar-refractivity contribution is 6.39. The van der Waals surface area contributed by atoms with Crippen LogP contribution in [0.5, 0.6) is 0 Å². The molecule has 0 fully saturated rings. The van der Waals surface area contributed by atoms with Crippen molar-refractivity contribution in [2.24, 2.45) is 0 Å². The van der Waals surface area contributed by atoms with Gasteiger partial charge in [-0.15, -0.1) is 0 Å². The second kappa shape index (κ2) is 8.29. The molecule has 0 saturated carbocycles. The second-order valence-corrected chi connectivity index (χ2v) is 5.06. The molecule has 1 rings (SSSR count). The molecule has 4 nitrogen and oxygen atoms in total. The third-order valence-electron chi connectivity index (χ3n) is 2.59. The molecule has 1 atom stereocenters. The van der Waals surface area contributed by atoms with Gasteiger partial charge in [-0.05, 0) is 25.5 Å². The van der Waals surface area contributed by atoms with E-state index in [0.717, 1.165) is 18.6 Å². The maximum atomic E-state index is 13.1. The van der Waals surface area contributed by atoms with Crippen molar-refractivity contribution in [2.45, 2.75) is 19.4 Å². The molecule has 1 aromatic rings. The monoisotopic (exact) mass is 322 g/mol. The van der Waals surface area contributed by atoms with Gasteiger partial charge in [-0.25, -0.2) is 4.39 Å². The summed E-state index contributed by atoms with van der Waals surface area (Å²) in [5.41, 5.74) is 0.342. The average molecular weight is 323 g/mol. The standard InChI is InChI=1S/C13H17Cl2FN2O2/c1-8(13(19)17-4-3-5-20-2)18-12-10(14)6-9(16)7-11(12)15/h6-8,18H,3-5H2,1-2H3,(H,17,19). The number of rotatable bonds is 7. The van der Waals surface area contributed by atoms with Crippen LogP contribution in [0.1, 0.15) is 13.3 Å². The molecule has 0 bridgehead atoms. The topological polar surface area (TPSA) is 50.4 Å². The fraction of sp³-hybridized carbons (Fsp3) is 0.462. The number of carbonyl (C=O) groups excluding carboxylic acids is 1. The van der Waals surface area contributed by atoms with Crippen LogP contribution in [-0.4, -0.2) is 32.2 Å². The first-order chi connectivity index (χ1) is 9.45. The number of hydrogen-bond acceptors (Lipinski definition) is 3. The Morgan fingerprint density at radius 1 is 1.40 bits per heavy atom. The van der Waals surface area contributed by atoms with Crippen LogP contribution in [0.25, 0.3) is 0 Å². The van der Waals surface area contributed by atoms with Crippen LogP contribution in [0.4, 0.5) is 10.1 Å². The van der Waals surface area contributed by atoms with Gasteiger partial charge < -0.3 is 15.4 Å². The predicted octanol–water partition coefficient (Wildman–Crippen LogP) is 3.09. The normalized spacial score (nSPS) is 12.1. The predicted molar refractivity (Wildman–Crippen MR) is 79.0 cm³/mol. The third-order valence-corrected chi connectivity index (χ3v) is 3.18. The molecule has 1 unspecified atom stereocenters. The summed E-state index contributed by atoms with van der Waals surface area (Å²) in [7, 11) is 1.60. The molecule has 0 aliphatic rings. The number of carbonyl (C=O) groups is 1. The lowest BCUT2D eigenvalue weighted by molar-refractivity contribution is -0.121. The smallest absolute Gasteiger partial charge is 0.242 e. The molecule has 7 heteroatoms. The van der Waals surface area contributed by atoms with E-state index in [1.54, 1.807) is 14.0 Å². The van der Waals surface area contributed by atoms with Crippen molar-refractivity contribution in [3.05, 3.63) is 28.0 Å². The molecule has 0 aliphatic carbocycles. The molecule has 0 aromatic heterocycles. The Morgan fingerprint density at radius 2 is 2.00 bits per heavy atom. The fourth-order valence-corrected chi connectivity index (χ4v) is 2.11. The summed E-state index contributed by atoms with van der Waals surface area (Å²) in [6.45, 7) is 2.77. The second-order valence-electron chi connectivity index (χ2n) is 4.25. The zero-order valence-corrected chi connectivity index (χ0v) is 12.8. The van der Waals surface area contributed by atoms with Gasteiger partial charge in [0.1, 0.15) is 11.9 Å². The van der Waals surface area contributed by atoms with Gasteiger partial charge in [-0.1, -0.05) is 23.2 Å². The fourth-order valence-electron chi connectivity index (χ4n) is 1.54. The Bertz CT molecular complexity index is 449. The van der Waals surface area contributed by atoms with Crippen molar-refractivity contribution in [1.82, 2.24) is 5.32 Å². The van der Waals surface area contributed by atoms with Gasteiger partial charge in [0.25, 0.3) is 0 Å². The zero-order chi connectivity index (χ0) is 15.1. The maximum absolute atomic E-state index is 13.1. The van der Waals surface area contributed by atoms with Crippen LogP contribution < -0.4 is 10.6 Å². The molecule has 112 valence electrons. The van der Waals surface area contributed by atoms with Crippen LogP contribution >= 0.6 is 23.2 Å². The molecule has 2 N–H and O–H groups in total. The van der Waals surface area contributed by atoms with Crippen molar-refractivity contribution in [3.63, 3.8) is 0 Å². The van der Waals surface area contributed by atoms with Crippen LogP contribution in [0, 0.1) is 5.82 Å². The van der Waals surface area contributed by atoms with Gasteiger partial charge >= 0.3 is 0 Å². The van der Waals surface area contributed by atoms with E-state index < -0.39 is 11.9 Å². The number of halogens is 3. The number of nitrogens with one attached hydrogen (secondary N) is 2. The van der Waals surface area contributed by atoms with Crippen LogP contribution in [0.3, 0.4) is 0 Å². The lowest BCUT2D eigenvalue weighted by Crippen LogP contribution is -2.38. The van der Waals surface area contributed by atoms with Crippen LogP contribution in [0.15, 0.2) is 12.1 Å². The quantitative estimate of drug-likeness (QED) is 0.758. The molecular formula is C13H17Cl2FN2O2. The van der Waals surface area contributed by atoms with Crippen molar-refractivity contribution >= 4 is 34.8 Å². The Kier molecular flexibility index (Phi) is 7.05. The van der Waals surface area contributed by atoms with E-state index in [-0.39, 0.29) is 16.0 Å². The molecule has 0 spiro atoms. The van der Waals surface area contributed by atoms with E-state index >= 15 is 0 Å². The van der Waals surface area contributed by atoms with Gasteiger partial charge in [0.2, 0.25) is 5.91 Å². The number of anilines is 1. The highest BCUT2D eigenvalue weighted by Gasteiger charge is 2.16. The number of hydrogen-bond donors (Lipinski definition) is 2. The van der Waals surface area contributed by atoms with Crippen LogP contribution in [0.2, 0.25) is 10.0 Å². The summed E-state index contributed by atoms with van der Waals surface area (Å²) in [6, 6.07) is 1.73. The van der Waals surface area contributed by atoms with Gasteiger partial charge in [0, 0.05) is 20.3 Å². The first-order valence-corrected chi connectivity index (χ1v) is 6.89. The van der Waals surface area contributed by atoms with Crippen molar-refractivity contribution < 1.29 is 13.9 Å². The van der Waals surface area contributed by atoms with E-state index in [9.17, 15) is 9.18 Å². The minimum atomic E-state index is -0.544. The van der Waals surface area contributed by atoms with Crippen molar-refractivity contribution in [3.8, 4) is 0 Å². The summed E-state index contributed by atoms with van der Waals surface area (Å²) < 4.78 is 17.9. The highest BCUT2D eigenvalue weighted by atomic mass is 35.5. The minimum Gasteiger partial charge on any atom is -0.385 e. The van der Waals surface area contributed by atoms with Crippen molar-refractivity contribution in [2.75, 3.05) is 25.6 Å². The Labute approximate surface area is 127 Å². The highest BCUT2D eigenvalue weighted by Crippen LogP contribution is 2.31. The summed E-state index contributed by atoms with van der Waals surface area (Å²) in [6.07, 6.45) is 0.729. The summed E-state index contributed by atoms with van der Waals surface area (Å²) in [5, 5.41) is 5.89. The van der Waals surface area contributed by atoms with Gasteiger partial charge in [-0.2, -0.15) is 0 Å². The largest absolute Gasteiger partial charge is 0.385 e. The Morgan fingerprint density at radius 3 is 2.55 bits per heavy atom. The Hall–Kier alpha value is -1.04. The van der Waals surface area contributed by atoms with Gasteiger partial charge in [0.15, 0.2) is 0 Å². The lowest BCUT2D eigenvalue weighted by Gasteiger charge is -2.17. The number of benzene rings is 1. The SMILES string of the molecule is COCCCNC(=O)C(C)Nc1c(Cl)cc(F)cc1Cl. The van der Waals surface area contributed by atoms with E-state index in [0.29, 0.717) is 18.8 Å². The number of amides is 1. The van der Waals surface area contributed by atoms with E-state index in [4.69, 9.17) is 27.9 Å². The summed E-state index contributed by atoms with van der Waals surface area (Å²) >= 11 is 11.8. The third kappa shape index (κ3) is 5.15. The molecule has 20 heavy (non-hydrogen) atoms. The molecule has 1 amide bonds. The first kappa shape index (κ1) is 17.0. The number of methoxy groups -OCH3 is 1. The number of ether oxygens (including phenoxy) is 1. The molecule has 0 aliphatic heterocycles. The molecule has 1 aromatic carbocycles. The molecule has 0 heterocycles. The van der Waals surface area contributed by atoms with E-state index in [1.807, 2.05) is 0 Å². The first-order valence-electron chi connectivity index (χ1n) is 6.13. The molecule has 0 saturated heterocycles. The van der Waals surface area contributed by atoms with E-state index in [2.05, 4.69) is 10.6 Å². The Balaban J connectivity index is 2.57. The maximum Gasteiger partial charge on any atom is 0.242 e. The van der Waals surface area contributed by atoms with Crippen molar-refractivity contribution in [1.29, 1.82) is 0 Å².